The summed E-state index contributed by atoms with van der Waals surface area (Å²) in [6.45, 7) is 8.31. The number of benzene rings is 2. The summed E-state index contributed by atoms with van der Waals surface area (Å²) in [5.41, 5.74) is 5.55. The minimum atomic E-state index is -0.229. The summed E-state index contributed by atoms with van der Waals surface area (Å²) >= 11 is 0. The Hall–Kier alpha value is -2.88. The molecule has 1 heterocycles. The molecule has 0 spiro atoms. The number of aryl methyl sites for hydroxylation is 1. The third-order valence-electron chi connectivity index (χ3n) is 6.46. The summed E-state index contributed by atoms with van der Waals surface area (Å²) in [6.07, 6.45) is 1.49. The number of hydrogen-bond acceptors (Lipinski definition) is 3. The first-order valence-corrected chi connectivity index (χ1v) is 10.5. The van der Waals surface area contributed by atoms with Crippen LogP contribution in [0, 0.1) is 19.3 Å². The van der Waals surface area contributed by atoms with Gasteiger partial charge in [-0.25, -0.2) is 0 Å². The molecular weight excluding hydrogens is 374 g/mol. The molecule has 2 aliphatic rings. The molecule has 4 nitrogen and oxygen atoms in total. The second-order valence-electron chi connectivity index (χ2n) is 9.28. The Bertz CT molecular complexity index is 1060. The maximum absolute atomic E-state index is 13.5. The molecule has 0 bridgehead atoms. The SMILES string of the molecule is COc1cccc(C2CC(=O)N(c3cccc(C)c3C)C3=C2C(=O)CC(C)(C)C3)c1. The smallest absolute Gasteiger partial charge is 0.232 e. The van der Waals surface area contributed by atoms with Crippen molar-refractivity contribution in [1.29, 1.82) is 0 Å². The predicted octanol–water partition coefficient (Wildman–Crippen LogP) is 5.48. The predicted molar refractivity (Wildman–Crippen MR) is 119 cm³/mol. The van der Waals surface area contributed by atoms with Crippen LogP contribution in [-0.4, -0.2) is 18.8 Å². The molecule has 0 aromatic heterocycles. The maximum atomic E-state index is 13.5. The molecule has 2 aromatic rings. The fourth-order valence-electron chi connectivity index (χ4n) is 4.82. The van der Waals surface area contributed by atoms with E-state index >= 15 is 0 Å². The first-order valence-electron chi connectivity index (χ1n) is 10.5. The number of rotatable bonds is 3. The van der Waals surface area contributed by atoms with Gasteiger partial charge >= 0.3 is 0 Å². The second kappa shape index (κ2) is 7.42. The van der Waals surface area contributed by atoms with E-state index in [2.05, 4.69) is 26.8 Å². The summed E-state index contributed by atoms with van der Waals surface area (Å²) in [7, 11) is 1.63. The van der Waals surface area contributed by atoms with Gasteiger partial charge in [0.1, 0.15) is 5.75 Å². The van der Waals surface area contributed by atoms with Gasteiger partial charge in [-0.15, -0.1) is 0 Å². The number of carbonyl (C=O) groups is 2. The van der Waals surface area contributed by atoms with Crippen molar-refractivity contribution < 1.29 is 14.3 Å². The summed E-state index contributed by atoms with van der Waals surface area (Å²) in [6, 6.07) is 13.8. The van der Waals surface area contributed by atoms with E-state index in [1.54, 1.807) is 7.11 Å². The zero-order valence-corrected chi connectivity index (χ0v) is 18.4. The minimum Gasteiger partial charge on any atom is -0.497 e. The monoisotopic (exact) mass is 403 g/mol. The van der Waals surface area contributed by atoms with E-state index in [9.17, 15) is 9.59 Å². The molecule has 1 aliphatic heterocycles. The zero-order valence-electron chi connectivity index (χ0n) is 18.4. The molecule has 4 heteroatoms. The molecule has 0 saturated heterocycles. The number of ether oxygens (including phenoxy) is 1. The molecule has 30 heavy (non-hydrogen) atoms. The Balaban J connectivity index is 1.92. The maximum Gasteiger partial charge on any atom is 0.232 e. The van der Waals surface area contributed by atoms with Crippen LogP contribution in [0.25, 0.3) is 0 Å². The lowest BCUT2D eigenvalue weighted by molar-refractivity contribution is -0.121. The highest BCUT2D eigenvalue weighted by Gasteiger charge is 2.44. The van der Waals surface area contributed by atoms with Crippen molar-refractivity contribution in [3.05, 3.63) is 70.4 Å². The van der Waals surface area contributed by atoms with E-state index in [1.807, 2.05) is 48.2 Å². The Kier molecular flexibility index (Phi) is 5.05. The molecule has 0 fully saturated rings. The van der Waals surface area contributed by atoms with Gasteiger partial charge in [0, 0.05) is 30.0 Å². The lowest BCUT2D eigenvalue weighted by Crippen LogP contribution is -2.44. The van der Waals surface area contributed by atoms with E-state index in [0.717, 1.165) is 39.4 Å². The number of methoxy groups -OCH3 is 1. The van der Waals surface area contributed by atoms with Crippen LogP contribution in [0.1, 0.15) is 55.7 Å². The minimum absolute atomic E-state index is 0.0424. The van der Waals surface area contributed by atoms with Crippen LogP contribution in [0.4, 0.5) is 5.69 Å². The van der Waals surface area contributed by atoms with Crippen LogP contribution in [0.2, 0.25) is 0 Å². The van der Waals surface area contributed by atoms with Crippen molar-refractivity contribution >= 4 is 17.4 Å². The average Bonchev–Trinajstić information content (AvgIpc) is 2.69. The van der Waals surface area contributed by atoms with E-state index < -0.39 is 0 Å². The largest absolute Gasteiger partial charge is 0.497 e. The standard InChI is InChI=1S/C26H29NO3/c1-16-8-6-11-21(17(16)2)27-22-14-26(3,4)15-23(28)25(22)20(13-24(27)29)18-9-7-10-19(12-18)30-5/h6-12,20H,13-15H2,1-5H3. The Morgan fingerprint density at radius 3 is 2.50 bits per heavy atom. The number of hydrogen-bond donors (Lipinski definition) is 0. The van der Waals surface area contributed by atoms with Crippen LogP contribution >= 0.6 is 0 Å². The number of carbonyl (C=O) groups excluding carboxylic acids is 2. The molecule has 156 valence electrons. The lowest BCUT2D eigenvalue weighted by atomic mass is 9.69. The molecule has 0 radical (unpaired) electrons. The van der Waals surface area contributed by atoms with E-state index in [-0.39, 0.29) is 29.4 Å². The fourth-order valence-corrected chi connectivity index (χ4v) is 4.82. The van der Waals surface area contributed by atoms with Gasteiger partial charge in [0.25, 0.3) is 0 Å². The summed E-state index contributed by atoms with van der Waals surface area (Å²) in [5.74, 6) is 0.702. The molecule has 1 unspecified atom stereocenters. The van der Waals surface area contributed by atoms with Gasteiger partial charge in [0.05, 0.1) is 12.8 Å². The van der Waals surface area contributed by atoms with Gasteiger partial charge in [0.15, 0.2) is 5.78 Å². The molecule has 4 rings (SSSR count). The molecule has 1 atom stereocenters. The van der Waals surface area contributed by atoms with Crippen molar-refractivity contribution in [2.45, 2.75) is 52.9 Å². The number of allylic oxidation sites excluding steroid dienone is 2. The quantitative estimate of drug-likeness (QED) is 0.682. The third-order valence-corrected chi connectivity index (χ3v) is 6.46. The van der Waals surface area contributed by atoms with Gasteiger partial charge < -0.3 is 4.74 Å². The molecule has 2 aromatic carbocycles. The number of anilines is 1. The fraction of sp³-hybridized carbons (Fsp3) is 0.385. The van der Waals surface area contributed by atoms with Gasteiger partial charge in [-0.05, 0) is 60.6 Å². The molecule has 1 amide bonds. The van der Waals surface area contributed by atoms with Crippen LogP contribution in [0.3, 0.4) is 0 Å². The van der Waals surface area contributed by atoms with Gasteiger partial charge in [-0.2, -0.15) is 0 Å². The number of ketones is 1. The zero-order chi connectivity index (χ0) is 21.6. The number of nitrogens with zero attached hydrogens (tertiary/aromatic N) is 1. The van der Waals surface area contributed by atoms with Crippen molar-refractivity contribution in [2.24, 2.45) is 5.41 Å². The number of Topliss-reactive ketones (excluding diaryl/α,β-unsaturated/α-hetero) is 1. The molecule has 1 aliphatic carbocycles. The topological polar surface area (TPSA) is 46.6 Å². The highest BCUT2D eigenvalue weighted by molar-refractivity contribution is 6.08. The van der Waals surface area contributed by atoms with Crippen molar-refractivity contribution in [2.75, 3.05) is 12.0 Å². The van der Waals surface area contributed by atoms with Crippen molar-refractivity contribution in [3.63, 3.8) is 0 Å². The van der Waals surface area contributed by atoms with Crippen LogP contribution in [0.5, 0.6) is 5.75 Å². The van der Waals surface area contributed by atoms with Crippen molar-refractivity contribution in [1.82, 2.24) is 0 Å². The Morgan fingerprint density at radius 2 is 1.77 bits per heavy atom. The summed E-state index contributed by atoms with van der Waals surface area (Å²) in [5, 5.41) is 0. The lowest BCUT2D eigenvalue weighted by Gasteiger charge is -2.43. The molecule has 0 saturated carbocycles. The van der Waals surface area contributed by atoms with E-state index in [4.69, 9.17) is 4.74 Å². The first kappa shape index (κ1) is 20.4. The van der Waals surface area contributed by atoms with Crippen LogP contribution in [0.15, 0.2) is 53.7 Å². The summed E-state index contributed by atoms with van der Waals surface area (Å²) in [4.78, 5) is 28.7. The Labute approximate surface area is 178 Å². The highest BCUT2D eigenvalue weighted by atomic mass is 16.5. The molecular formula is C26H29NO3. The van der Waals surface area contributed by atoms with Crippen molar-refractivity contribution in [3.8, 4) is 5.75 Å². The van der Waals surface area contributed by atoms with Gasteiger partial charge in [-0.3, -0.25) is 14.5 Å². The normalized spacial score (nSPS) is 21.0. The van der Waals surface area contributed by atoms with Crippen LogP contribution < -0.4 is 9.64 Å². The van der Waals surface area contributed by atoms with Gasteiger partial charge in [0.2, 0.25) is 5.91 Å². The third kappa shape index (κ3) is 3.45. The Morgan fingerprint density at radius 1 is 1.03 bits per heavy atom. The van der Waals surface area contributed by atoms with E-state index in [1.165, 1.54) is 0 Å². The first-order chi connectivity index (χ1) is 14.2. The van der Waals surface area contributed by atoms with Gasteiger partial charge in [-0.1, -0.05) is 38.1 Å². The second-order valence-corrected chi connectivity index (χ2v) is 9.28. The summed E-state index contributed by atoms with van der Waals surface area (Å²) < 4.78 is 5.39. The average molecular weight is 404 g/mol. The molecule has 0 N–H and O–H groups in total. The van der Waals surface area contributed by atoms with E-state index in [0.29, 0.717) is 12.8 Å². The highest BCUT2D eigenvalue weighted by Crippen LogP contribution is 2.48. The van der Waals surface area contributed by atoms with Crippen LogP contribution in [-0.2, 0) is 9.59 Å². The number of amides is 1.